The fraction of sp³-hybridized carbons (Fsp3) is 0.286. The van der Waals surface area contributed by atoms with Crippen molar-refractivity contribution in [2.45, 2.75) is 83.1 Å². The molecule has 46 heavy (non-hydrogen) atoms. The average Bonchev–Trinajstić information content (AvgIpc) is 3.03. The molecular weight excluding hydrogens is 580 g/mol. The molecule has 0 spiro atoms. The molecule has 0 aliphatic rings. The zero-order valence-electron chi connectivity index (χ0n) is 29.7. The molecule has 0 nitrogen and oxygen atoms in total. The van der Waals surface area contributed by atoms with Crippen molar-refractivity contribution in [3.05, 3.63) is 176 Å². The summed E-state index contributed by atoms with van der Waals surface area (Å²) >= 11 is 0. The molecule has 0 saturated carbocycles. The van der Waals surface area contributed by atoms with Crippen LogP contribution in [-0.4, -0.2) is 0 Å². The molecule has 0 unspecified atom stereocenters. The molecule has 0 radical (unpaired) electrons. The predicted octanol–water partition coefficient (Wildman–Crippen LogP) is 13.1. The van der Waals surface area contributed by atoms with Gasteiger partial charge in [0.15, 0.2) is 11.6 Å². The van der Waals surface area contributed by atoms with Gasteiger partial charge in [0.05, 0.1) is 0 Å². The van der Waals surface area contributed by atoms with Crippen LogP contribution in [-0.2, 0) is 0 Å². The van der Waals surface area contributed by atoms with E-state index in [1.807, 2.05) is 39.8 Å². The van der Waals surface area contributed by atoms with Crippen molar-refractivity contribution in [3.8, 4) is 0 Å². The van der Waals surface area contributed by atoms with Crippen molar-refractivity contribution in [1.82, 2.24) is 0 Å². The van der Waals surface area contributed by atoms with E-state index in [4.69, 9.17) is 0 Å². The summed E-state index contributed by atoms with van der Waals surface area (Å²) in [6, 6.07) is 30.5. The Bertz CT molecular complexity index is 1410. The molecule has 4 heteroatoms. The highest BCUT2D eigenvalue weighted by atomic mass is 19.2. The molecule has 0 aromatic heterocycles. The maximum absolute atomic E-state index is 12.6. The van der Waals surface area contributed by atoms with Crippen LogP contribution in [0, 0.1) is 92.5 Å². The molecule has 0 saturated heterocycles. The van der Waals surface area contributed by atoms with Crippen LogP contribution in [0.2, 0.25) is 0 Å². The summed E-state index contributed by atoms with van der Waals surface area (Å²) in [6.07, 6.45) is 0. The smallest absolute Gasteiger partial charge is 0.161 e. The van der Waals surface area contributed by atoms with Crippen LogP contribution in [0.4, 0.5) is 17.6 Å². The Labute approximate surface area is 276 Å². The van der Waals surface area contributed by atoms with Crippen LogP contribution in [0.1, 0.15) is 69.5 Å². The Morgan fingerprint density at radius 3 is 0.674 bits per heavy atom. The zero-order valence-corrected chi connectivity index (χ0v) is 29.7. The Balaban J connectivity index is 0.000000544. The van der Waals surface area contributed by atoms with E-state index in [2.05, 4.69) is 76.2 Å². The standard InChI is InChI=1S/C8H8F2.2C8H9F.2C8H10.C2H6/c1-5-3-4-6(2)8(10)7(5)9;2*1-6-3-4-7(2)8(9)5-6;2*1-7-3-5-8(2)6-4-7;1-2/h3-4H,1-2H3;2*3-5H,1-2H3;2*3-6H,1-2H3;1-2H3. The highest BCUT2D eigenvalue weighted by Gasteiger charge is 2.06. The second-order valence-corrected chi connectivity index (χ2v) is 11.1. The summed E-state index contributed by atoms with van der Waals surface area (Å²) < 4.78 is 50.4. The summed E-state index contributed by atoms with van der Waals surface area (Å²) in [5.41, 5.74) is 9.38. The van der Waals surface area contributed by atoms with E-state index >= 15 is 0 Å². The Kier molecular flexibility index (Phi) is 20.3. The van der Waals surface area contributed by atoms with E-state index in [0.717, 1.165) is 11.1 Å². The normalized spacial score (nSPS) is 9.30. The van der Waals surface area contributed by atoms with Crippen molar-refractivity contribution < 1.29 is 17.6 Å². The van der Waals surface area contributed by atoms with E-state index in [1.54, 1.807) is 38.1 Å². The average molecular weight is 633 g/mol. The molecule has 0 fully saturated rings. The third kappa shape index (κ3) is 17.3. The molecule has 0 N–H and O–H groups in total. The van der Waals surface area contributed by atoms with Gasteiger partial charge in [-0.3, -0.25) is 0 Å². The van der Waals surface area contributed by atoms with Crippen LogP contribution in [0.15, 0.2) is 97.1 Å². The van der Waals surface area contributed by atoms with E-state index in [-0.39, 0.29) is 11.6 Å². The maximum Gasteiger partial charge on any atom is 0.161 e. The van der Waals surface area contributed by atoms with Crippen molar-refractivity contribution in [2.75, 3.05) is 0 Å². The lowest BCUT2D eigenvalue weighted by Crippen LogP contribution is -1.91. The molecule has 248 valence electrons. The molecule has 0 amide bonds. The van der Waals surface area contributed by atoms with Crippen LogP contribution >= 0.6 is 0 Å². The third-order valence-electron chi connectivity index (χ3n) is 6.56. The second-order valence-electron chi connectivity index (χ2n) is 11.1. The van der Waals surface area contributed by atoms with Gasteiger partial charge in [0.2, 0.25) is 0 Å². The summed E-state index contributed by atoms with van der Waals surface area (Å²) in [5.74, 6) is -1.70. The van der Waals surface area contributed by atoms with Gasteiger partial charge in [0.25, 0.3) is 0 Å². The minimum atomic E-state index is -0.736. The first-order chi connectivity index (χ1) is 21.6. The SMILES string of the molecule is CC.Cc1ccc(C)c(F)c1.Cc1ccc(C)c(F)c1.Cc1ccc(C)c(F)c1F.Cc1ccc(C)cc1.Cc1ccc(C)cc1. The topological polar surface area (TPSA) is 0 Å². The van der Waals surface area contributed by atoms with Crippen molar-refractivity contribution in [3.63, 3.8) is 0 Å². The largest absolute Gasteiger partial charge is 0.207 e. The van der Waals surface area contributed by atoms with Gasteiger partial charge in [0.1, 0.15) is 11.6 Å². The van der Waals surface area contributed by atoms with E-state index < -0.39 is 11.6 Å². The minimum Gasteiger partial charge on any atom is -0.207 e. The first kappa shape index (κ1) is 41.8. The summed E-state index contributed by atoms with van der Waals surface area (Å²) in [4.78, 5) is 0. The van der Waals surface area contributed by atoms with Crippen LogP contribution in [0.5, 0.6) is 0 Å². The molecule has 0 bridgehead atoms. The summed E-state index contributed by atoms with van der Waals surface area (Å²) in [7, 11) is 0. The molecule has 5 aromatic rings. The lowest BCUT2D eigenvalue weighted by atomic mass is 10.1. The fourth-order valence-electron chi connectivity index (χ4n) is 3.41. The number of halogens is 4. The lowest BCUT2D eigenvalue weighted by molar-refractivity contribution is 0.497. The van der Waals surface area contributed by atoms with Gasteiger partial charge in [-0.25, -0.2) is 17.6 Å². The molecule has 5 rings (SSSR count). The molecular formula is C42H52F4. The van der Waals surface area contributed by atoms with Crippen molar-refractivity contribution in [1.29, 1.82) is 0 Å². The van der Waals surface area contributed by atoms with Gasteiger partial charge in [0, 0.05) is 0 Å². The Morgan fingerprint density at radius 2 is 0.478 bits per heavy atom. The second kappa shape index (κ2) is 22.3. The van der Waals surface area contributed by atoms with Gasteiger partial charge in [-0.05, 0) is 115 Å². The van der Waals surface area contributed by atoms with Gasteiger partial charge in [-0.2, -0.15) is 0 Å². The number of hydrogen-bond donors (Lipinski definition) is 0. The molecule has 0 heterocycles. The number of rotatable bonds is 0. The fourth-order valence-corrected chi connectivity index (χ4v) is 3.41. The monoisotopic (exact) mass is 632 g/mol. The highest BCUT2D eigenvalue weighted by Crippen LogP contribution is 2.14. The molecule has 0 aliphatic carbocycles. The minimum absolute atomic E-state index is 0.116. The predicted molar refractivity (Wildman–Crippen MR) is 191 cm³/mol. The molecule has 5 aromatic carbocycles. The number of benzene rings is 5. The first-order valence-electron chi connectivity index (χ1n) is 15.5. The Morgan fingerprint density at radius 1 is 0.283 bits per heavy atom. The van der Waals surface area contributed by atoms with Crippen molar-refractivity contribution >= 4 is 0 Å². The summed E-state index contributed by atoms with van der Waals surface area (Å²) in [5, 5.41) is 0. The van der Waals surface area contributed by atoms with Gasteiger partial charge in [-0.15, -0.1) is 0 Å². The van der Waals surface area contributed by atoms with Gasteiger partial charge in [-0.1, -0.05) is 121 Å². The first-order valence-corrected chi connectivity index (χ1v) is 15.5. The van der Waals surface area contributed by atoms with Crippen LogP contribution < -0.4 is 0 Å². The summed E-state index contributed by atoms with van der Waals surface area (Å²) in [6.45, 7) is 22.7. The molecule has 0 atom stereocenters. The Hall–Kier alpha value is -4.18. The van der Waals surface area contributed by atoms with E-state index in [1.165, 1.54) is 48.2 Å². The van der Waals surface area contributed by atoms with E-state index in [9.17, 15) is 17.6 Å². The van der Waals surface area contributed by atoms with E-state index in [0.29, 0.717) is 22.3 Å². The molecule has 0 aliphatic heterocycles. The van der Waals surface area contributed by atoms with Crippen LogP contribution in [0.25, 0.3) is 0 Å². The number of aryl methyl sites for hydroxylation is 10. The maximum atomic E-state index is 12.6. The van der Waals surface area contributed by atoms with Crippen LogP contribution in [0.3, 0.4) is 0 Å². The third-order valence-corrected chi connectivity index (χ3v) is 6.56. The quantitative estimate of drug-likeness (QED) is 0.149. The van der Waals surface area contributed by atoms with Crippen molar-refractivity contribution in [2.24, 2.45) is 0 Å². The lowest BCUT2D eigenvalue weighted by Gasteiger charge is -1.99. The van der Waals surface area contributed by atoms with Gasteiger partial charge < -0.3 is 0 Å². The highest BCUT2D eigenvalue weighted by molar-refractivity contribution is 5.25. The number of hydrogen-bond acceptors (Lipinski definition) is 0. The van der Waals surface area contributed by atoms with Gasteiger partial charge >= 0.3 is 0 Å². The zero-order chi connectivity index (χ0) is 35.4.